The number of allylic oxidation sites excluding steroid dienone is 1. The largest absolute Gasteiger partial charge is 0.387 e. The quantitative estimate of drug-likeness (QED) is 0.665. The van der Waals surface area contributed by atoms with E-state index in [1.807, 2.05) is 25.9 Å². The number of hydrogen-bond donors (Lipinski definition) is 3. The standard InChI is InChI=1S/C12H14ClN5.C8H14FN/c1-4-7-10(14-2)8(5-16-12(7)15-3)9-6-17-18-11(9)13;1-7(2)10-5-3-4-8(9)6-10/h4-6H,1H2,2-3H3,(H,17,18)(H2,14,15,16);8H,1,3-6H2,2H3. The Morgan fingerprint density at radius 1 is 1.36 bits per heavy atom. The molecular formula is C20H28ClFN6. The fourth-order valence-corrected chi connectivity index (χ4v) is 3.33. The van der Waals surface area contributed by atoms with Gasteiger partial charge in [0.2, 0.25) is 0 Å². The fourth-order valence-electron chi connectivity index (χ4n) is 3.13. The molecule has 3 rings (SSSR count). The lowest BCUT2D eigenvalue weighted by Crippen LogP contribution is -2.34. The van der Waals surface area contributed by atoms with E-state index in [9.17, 15) is 4.39 Å². The van der Waals surface area contributed by atoms with Crippen LogP contribution >= 0.6 is 11.6 Å². The van der Waals surface area contributed by atoms with Gasteiger partial charge in [0.15, 0.2) is 0 Å². The Bertz CT molecular complexity index is 819. The molecule has 28 heavy (non-hydrogen) atoms. The number of halogens is 2. The lowest BCUT2D eigenvalue weighted by molar-refractivity contribution is 0.169. The minimum atomic E-state index is -0.634. The molecule has 2 aromatic rings. The van der Waals surface area contributed by atoms with Gasteiger partial charge in [-0.15, -0.1) is 0 Å². The van der Waals surface area contributed by atoms with Crippen LogP contribution in [0.25, 0.3) is 17.2 Å². The summed E-state index contributed by atoms with van der Waals surface area (Å²) in [4.78, 5) is 6.36. The number of aromatic nitrogens is 3. The number of aromatic amines is 1. The van der Waals surface area contributed by atoms with Crippen molar-refractivity contribution in [1.82, 2.24) is 20.1 Å². The van der Waals surface area contributed by atoms with Gasteiger partial charge in [0.1, 0.15) is 17.1 Å². The van der Waals surface area contributed by atoms with E-state index in [1.54, 1.807) is 18.5 Å². The van der Waals surface area contributed by atoms with Gasteiger partial charge in [-0.3, -0.25) is 5.10 Å². The SMILES string of the molecule is C=C(C)N1CCCC(F)C1.C=Cc1c(NC)ncc(-c2cn[nH]c2Cl)c1NC. The van der Waals surface area contributed by atoms with Crippen LogP contribution in [-0.2, 0) is 0 Å². The summed E-state index contributed by atoms with van der Waals surface area (Å²) in [5.41, 5.74) is 4.48. The molecule has 2 aromatic heterocycles. The van der Waals surface area contributed by atoms with Crippen LogP contribution in [0.3, 0.4) is 0 Å². The Balaban J connectivity index is 0.000000237. The number of nitrogens with one attached hydrogen (secondary N) is 3. The Labute approximate surface area is 170 Å². The Kier molecular flexibility index (Phi) is 7.87. The molecule has 0 aromatic carbocycles. The van der Waals surface area contributed by atoms with Crippen molar-refractivity contribution in [2.45, 2.75) is 25.9 Å². The molecule has 8 heteroatoms. The molecule has 152 valence electrons. The van der Waals surface area contributed by atoms with E-state index in [1.165, 1.54) is 0 Å². The third-order valence-electron chi connectivity index (χ3n) is 4.59. The number of H-pyrrole nitrogens is 1. The zero-order chi connectivity index (χ0) is 20.7. The van der Waals surface area contributed by atoms with Crippen LogP contribution in [-0.4, -0.2) is 53.4 Å². The van der Waals surface area contributed by atoms with Gasteiger partial charge in [0.25, 0.3) is 0 Å². The molecule has 0 amide bonds. The zero-order valence-electron chi connectivity index (χ0n) is 16.6. The van der Waals surface area contributed by atoms with Crippen molar-refractivity contribution < 1.29 is 4.39 Å². The summed E-state index contributed by atoms with van der Waals surface area (Å²) >= 11 is 6.06. The lowest BCUT2D eigenvalue weighted by atomic mass is 10.1. The van der Waals surface area contributed by atoms with Gasteiger partial charge in [-0.1, -0.05) is 30.8 Å². The molecule has 1 atom stereocenters. The van der Waals surface area contributed by atoms with E-state index >= 15 is 0 Å². The summed E-state index contributed by atoms with van der Waals surface area (Å²) in [6.07, 6.45) is 6.23. The third-order valence-corrected chi connectivity index (χ3v) is 4.88. The van der Waals surface area contributed by atoms with E-state index in [2.05, 4.69) is 39.0 Å². The van der Waals surface area contributed by atoms with Crippen LogP contribution in [0.4, 0.5) is 15.9 Å². The smallest absolute Gasteiger partial charge is 0.135 e. The molecule has 0 bridgehead atoms. The van der Waals surface area contributed by atoms with Crippen molar-refractivity contribution >= 4 is 29.2 Å². The van der Waals surface area contributed by atoms with Crippen LogP contribution in [0.2, 0.25) is 5.15 Å². The minimum Gasteiger partial charge on any atom is -0.387 e. The minimum absolute atomic E-state index is 0.487. The van der Waals surface area contributed by atoms with Gasteiger partial charge in [0.05, 0.1) is 11.9 Å². The second-order valence-electron chi connectivity index (χ2n) is 6.53. The second-order valence-corrected chi connectivity index (χ2v) is 6.91. The van der Waals surface area contributed by atoms with Crippen molar-refractivity contribution in [3.05, 3.63) is 42.0 Å². The van der Waals surface area contributed by atoms with Gasteiger partial charge in [-0.2, -0.15) is 5.10 Å². The molecule has 6 nitrogen and oxygen atoms in total. The van der Waals surface area contributed by atoms with Crippen molar-refractivity contribution in [3.63, 3.8) is 0 Å². The van der Waals surface area contributed by atoms with Crippen LogP contribution in [0.5, 0.6) is 0 Å². The monoisotopic (exact) mass is 406 g/mol. The Hall–Kier alpha value is -2.54. The number of anilines is 2. The molecule has 3 N–H and O–H groups in total. The summed E-state index contributed by atoms with van der Waals surface area (Å²) in [6, 6.07) is 0. The maximum Gasteiger partial charge on any atom is 0.135 e. The van der Waals surface area contributed by atoms with Crippen molar-refractivity contribution in [1.29, 1.82) is 0 Å². The first-order chi connectivity index (χ1) is 13.4. The number of piperidine rings is 1. The number of hydrogen-bond acceptors (Lipinski definition) is 5. The van der Waals surface area contributed by atoms with Crippen LogP contribution in [0, 0.1) is 0 Å². The molecule has 1 saturated heterocycles. The fraction of sp³-hybridized carbons (Fsp3) is 0.400. The van der Waals surface area contributed by atoms with Gasteiger partial charge in [-0.25, -0.2) is 9.37 Å². The maximum absolute atomic E-state index is 12.7. The number of pyridine rings is 1. The summed E-state index contributed by atoms with van der Waals surface area (Å²) < 4.78 is 12.7. The van der Waals surface area contributed by atoms with Crippen molar-refractivity contribution in [3.8, 4) is 11.1 Å². The summed E-state index contributed by atoms with van der Waals surface area (Å²) in [5, 5.41) is 13.3. The molecule has 0 saturated carbocycles. The second kappa shape index (κ2) is 10.1. The zero-order valence-corrected chi connectivity index (χ0v) is 17.4. The van der Waals surface area contributed by atoms with E-state index in [-0.39, 0.29) is 0 Å². The number of rotatable bonds is 5. The van der Waals surface area contributed by atoms with Gasteiger partial charge < -0.3 is 15.5 Å². The number of nitrogens with zero attached hydrogens (tertiary/aromatic N) is 3. The molecule has 0 aliphatic carbocycles. The van der Waals surface area contributed by atoms with Crippen LogP contribution < -0.4 is 10.6 Å². The molecule has 0 radical (unpaired) electrons. The number of alkyl halides is 1. The summed E-state index contributed by atoms with van der Waals surface area (Å²) in [7, 11) is 3.67. The highest BCUT2D eigenvalue weighted by Crippen LogP contribution is 2.36. The highest BCUT2D eigenvalue weighted by Gasteiger charge is 2.18. The van der Waals surface area contributed by atoms with E-state index < -0.39 is 6.17 Å². The normalized spacial score (nSPS) is 16.0. The van der Waals surface area contributed by atoms with E-state index in [0.717, 1.165) is 53.3 Å². The summed E-state index contributed by atoms with van der Waals surface area (Å²) in [6.45, 7) is 11.1. The summed E-state index contributed by atoms with van der Waals surface area (Å²) in [5.74, 6) is 0.762. The Morgan fingerprint density at radius 3 is 2.57 bits per heavy atom. The van der Waals surface area contributed by atoms with Crippen molar-refractivity contribution in [2.75, 3.05) is 37.8 Å². The van der Waals surface area contributed by atoms with Gasteiger partial charge in [-0.05, 0) is 19.8 Å². The molecule has 1 unspecified atom stereocenters. The third kappa shape index (κ3) is 5.04. The average Bonchev–Trinajstić information content (AvgIpc) is 3.12. The molecule has 0 spiro atoms. The maximum atomic E-state index is 12.7. The first-order valence-electron chi connectivity index (χ1n) is 9.17. The molecular weight excluding hydrogens is 379 g/mol. The van der Waals surface area contributed by atoms with Crippen molar-refractivity contribution in [2.24, 2.45) is 0 Å². The average molecular weight is 407 g/mol. The van der Waals surface area contributed by atoms with Gasteiger partial charge >= 0.3 is 0 Å². The van der Waals surface area contributed by atoms with Gasteiger partial charge in [0, 0.05) is 55.8 Å². The lowest BCUT2D eigenvalue weighted by Gasteiger charge is -2.30. The predicted octanol–water partition coefficient (Wildman–Crippen LogP) is 4.81. The van der Waals surface area contributed by atoms with E-state index in [0.29, 0.717) is 11.7 Å². The molecule has 1 fully saturated rings. The predicted molar refractivity (Wildman–Crippen MR) is 117 cm³/mol. The first kappa shape index (κ1) is 21.8. The highest BCUT2D eigenvalue weighted by molar-refractivity contribution is 6.32. The Morgan fingerprint density at radius 2 is 2.11 bits per heavy atom. The number of likely N-dealkylation sites (tertiary alicyclic amines) is 1. The molecule has 3 heterocycles. The first-order valence-corrected chi connectivity index (χ1v) is 9.55. The van der Waals surface area contributed by atoms with Crippen LogP contribution in [0.1, 0.15) is 25.3 Å². The van der Waals surface area contributed by atoms with E-state index in [4.69, 9.17) is 11.6 Å². The molecule has 1 aliphatic heterocycles. The molecule has 1 aliphatic rings. The highest BCUT2D eigenvalue weighted by atomic mass is 35.5. The van der Waals surface area contributed by atoms with Crippen LogP contribution in [0.15, 0.2) is 31.2 Å². The topological polar surface area (TPSA) is 68.9 Å².